The van der Waals surface area contributed by atoms with Crippen LogP contribution in [0.1, 0.15) is 33.3 Å². The minimum Gasteiger partial charge on any atom is -0.383 e. The maximum Gasteiger partial charge on any atom is 0.101 e. The number of anilines is 1. The quantitative estimate of drug-likeness (QED) is 0.892. The van der Waals surface area contributed by atoms with Crippen molar-refractivity contribution < 1.29 is 0 Å². The third-order valence-corrected chi connectivity index (χ3v) is 3.89. The van der Waals surface area contributed by atoms with Crippen molar-refractivity contribution in [2.45, 2.75) is 27.7 Å². The highest BCUT2D eigenvalue weighted by atomic mass is 79.9. The number of rotatable bonds is 4. The minimum absolute atomic E-state index is 0.203. The lowest BCUT2D eigenvalue weighted by molar-refractivity contribution is 0.269. The standard InChI is InChI=1S/C14H19BrN2/c1-10(2)14(3,4)9-17-13-7-12(15)6-5-11(13)8-16/h5-7,10,17H,9H2,1-4H3. The summed E-state index contributed by atoms with van der Waals surface area (Å²) in [4.78, 5) is 0. The maximum absolute atomic E-state index is 9.04. The Bertz CT molecular complexity index is 430. The zero-order valence-corrected chi connectivity index (χ0v) is 12.4. The predicted molar refractivity (Wildman–Crippen MR) is 76.0 cm³/mol. The van der Waals surface area contributed by atoms with Crippen molar-refractivity contribution in [3.8, 4) is 6.07 Å². The van der Waals surface area contributed by atoms with Crippen molar-refractivity contribution >= 4 is 21.6 Å². The van der Waals surface area contributed by atoms with Gasteiger partial charge in [-0.3, -0.25) is 0 Å². The second-order valence-corrected chi connectivity index (χ2v) is 6.21. The van der Waals surface area contributed by atoms with Gasteiger partial charge in [-0.05, 0) is 29.5 Å². The van der Waals surface area contributed by atoms with Crippen molar-refractivity contribution in [3.05, 3.63) is 28.2 Å². The summed E-state index contributed by atoms with van der Waals surface area (Å²) in [6, 6.07) is 7.87. The summed E-state index contributed by atoms with van der Waals surface area (Å²) in [5, 5.41) is 12.4. The van der Waals surface area contributed by atoms with E-state index in [0.717, 1.165) is 16.7 Å². The molecular weight excluding hydrogens is 276 g/mol. The van der Waals surface area contributed by atoms with Crippen molar-refractivity contribution in [1.82, 2.24) is 0 Å². The molecule has 0 spiro atoms. The number of halogens is 1. The number of hydrogen-bond acceptors (Lipinski definition) is 2. The predicted octanol–water partition coefficient (Wildman–Crippen LogP) is 4.41. The molecule has 1 aromatic rings. The van der Waals surface area contributed by atoms with Crippen LogP contribution in [0.4, 0.5) is 5.69 Å². The Labute approximate surface area is 112 Å². The van der Waals surface area contributed by atoms with Gasteiger partial charge in [0.2, 0.25) is 0 Å². The van der Waals surface area contributed by atoms with E-state index in [1.54, 1.807) is 0 Å². The lowest BCUT2D eigenvalue weighted by atomic mass is 9.81. The third-order valence-electron chi connectivity index (χ3n) is 3.40. The van der Waals surface area contributed by atoms with Crippen LogP contribution in [0.5, 0.6) is 0 Å². The lowest BCUT2D eigenvalue weighted by Gasteiger charge is -2.30. The van der Waals surface area contributed by atoms with Gasteiger partial charge < -0.3 is 5.32 Å². The van der Waals surface area contributed by atoms with E-state index in [1.165, 1.54) is 0 Å². The van der Waals surface area contributed by atoms with Crippen LogP contribution in [0.2, 0.25) is 0 Å². The number of hydrogen-bond donors (Lipinski definition) is 1. The van der Waals surface area contributed by atoms with Crippen LogP contribution in [0, 0.1) is 22.7 Å². The van der Waals surface area contributed by atoms with E-state index < -0.39 is 0 Å². The molecule has 0 bridgehead atoms. The van der Waals surface area contributed by atoms with Crippen LogP contribution < -0.4 is 5.32 Å². The molecule has 92 valence electrons. The fourth-order valence-corrected chi connectivity index (χ4v) is 1.65. The van der Waals surface area contributed by atoms with Crippen LogP contribution in [0.3, 0.4) is 0 Å². The van der Waals surface area contributed by atoms with E-state index in [4.69, 9.17) is 5.26 Å². The molecule has 0 aromatic heterocycles. The number of nitriles is 1. The molecule has 1 rings (SSSR count). The highest BCUT2D eigenvalue weighted by Crippen LogP contribution is 2.28. The van der Waals surface area contributed by atoms with Gasteiger partial charge in [0.15, 0.2) is 0 Å². The first-order valence-corrected chi connectivity index (χ1v) is 6.59. The minimum atomic E-state index is 0.203. The molecule has 1 aromatic carbocycles. The summed E-state index contributed by atoms with van der Waals surface area (Å²) in [6.07, 6.45) is 0. The second-order valence-electron chi connectivity index (χ2n) is 5.30. The molecule has 0 heterocycles. The molecule has 1 N–H and O–H groups in total. The first-order chi connectivity index (χ1) is 7.86. The van der Waals surface area contributed by atoms with Gasteiger partial charge in [-0.2, -0.15) is 5.26 Å². The Hall–Kier alpha value is -1.01. The molecular formula is C14H19BrN2. The Morgan fingerprint density at radius 3 is 2.59 bits per heavy atom. The highest BCUT2D eigenvalue weighted by Gasteiger charge is 2.22. The average Bonchev–Trinajstić information content (AvgIpc) is 2.26. The molecule has 0 unspecified atom stereocenters. The number of nitrogens with zero attached hydrogens (tertiary/aromatic N) is 1. The molecule has 0 fully saturated rings. The fraction of sp³-hybridized carbons (Fsp3) is 0.500. The van der Waals surface area contributed by atoms with Crippen molar-refractivity contribution in [2.75, 3.05) is 11.9 Å². The molecule has 0 aliphatic heterocycles. The summed E-state index contributed by atoms with van der Waals surface area (Å²) >= 11 is 3.43. The SMILES string of the molecule is CC(C)C(C)(C)CNc1cc(Br)ccc1C#N. The Kier molecular flexibility index (Phi) is 4.59. The molecule has 0 aliphatic rings. The van der Waals surface area contributed by atoms with Gasteiger partial charge in [0.25, 0.3) is 0 Å². The first-order valence-electron chi connectivity index (χ1n) is 5.80. The van der Waals surface area contributed by atoms with Crippen LogP contribution in [0.15, 0.2) is 22.7 Å². The van der Waals surface area contributed by atoms with E-state index in [1.807, 2.05) is 18.2 Å². The highest BCUT2D eigenvalue weighted by molar-refractivity contribution is 9.10. The zero-order chi connectivity index (χ0) is 13.1. The maximum atomic E-state index is 9.04. The fourth-order valence-electron chi connectivity index (χ4n) is 1.29. The van der Waals surface area contributed by atoms with Crippen molar-refractivity contribution in [1.29, 1.82) is 5.26 Å². The Morgan fingerprint density at radius 2 is 2.06 bits per heavy atom. The van der Waals surface area contributed by atoms with Crippen molar-refractivity contribution in [2.24, 2.45) is 11.3 Å². The summed E-state index contributed by atoms with van der Waals surface area (Å²) < 4.78 is 0.987. The van der Waals surface area contributed by atoms with E-state index in [9.17, 15) is 0 Å². The summed E-state index contributed by atoms with van der Waals surface area (Å²) in [5.74, 6) is 0.590. The summed E-state index contributed by atoms with van der Waals surface area (Å²) in [5.41, 5.74) is 1.79. The van der Waals surface area contributed by atoms with Crippen LogP contribution in [-0.2, 0) is 0 Å². The number of benzene rings is 1. The molecule has 3 heteroatoms. The van der Waals surface area contributed by atoms with Crippen LogP contribution in [0.25, 0.3) is 0 Å². The van der Waals surface area contributed by atoms with Gasteiger partial charge in [0.1, 0.15) is 6.07 Å². The molecule has 0 saturated carbocycles. The first kappa shape index (κ1) is 14.1. The van der Waals surface area contributed by atoms with E-state index in [2.05, 4.69) is 55.0 Å². The smallest absolute Gasteiger partial charge is 0.101 e. The Balaban J connectivity index is 2.83. The van der Waals surface area contributed by atoms with Gasteiger partial charge >= 0.3 is 0 Å². The molecule has 0 saturated heterocycles. The molecule has 0 amide bonds. The number of nitrogens with one attached hydrogen (secondary N) is 1. The average molecular weight is 295 g/mol. The third kappa shape index (κ3) is 3.74. The molecule has 0 radical (unpaired) electrons. The second kappa shape index (κ2) is 5.55. The van der Waals surface area contributed by atoms with Crippen LogP contribution >= 0.6 is 15.9 Å². The molecule has 2 nitrogen and oxygen atoms in total. The van der Waals surface area contributed by atoms with Gasteiger partial charge in [0, 0.05) is 11.0 Å². The van der Waals surface area contributed by atoms with E-state index in [-0.39, 0.29) is 5.41 Å². The van der Waals surface area contributed by atoms with E-state index >= 15 is 0 Å². The molecule has 0 atom stereocenters. The monoisotopic (exact) mass is 294 g/mol. The normalized spacial score (nSPS) is 11.4. The molecule has 17 heavy (non-hydrogen) atoms. The topological polar surface area (TPSA) is 35.8 Å². The zero-order valence-electron chi connectivity index (χ0n) is 10.8. The molecule has 0 aliphatic carbocycles. The van der Waals surface area contributed by atoms with Crippen LogP contribution in [-0.4, -0.2) is 6.54 Å². The van der Waals surface area contributed by atoms with Crippen molar-refractivity contribution in [3.63, 3.8) is 0 Å². The summed E-state index contributed by atoms with van der Waals surface area (Å²) in [7, 11) is 0. The van der Waals surface area contributed by atoms with Gasteiger partial charge in [-0.25, -0.2) is 0 Å². The summed E-state index contributed by atoms with van der Waals surface area (Å²) in [6.45, 7) is 9.75. The lowest BCUT2D eigenvalue weighted by Crippen LogP contribution is -2.28. The largest absolute Gasteiger partial charge is 0.383 e. The van der Waals surface area contributed by atoms with Gasteiger partial charge in [0.05, 0.1) is 11.3 Å². The van der Waals surface area contributed by atoms with E-state index in [0.29, 0.717) is 11.5 Å². The Morgan fingerprint density at radius 1 is 1.41 bits per heavy atom. The van der Waals surface area contributed by atoms with Gasteiger partial charge in [-0.1, -0.05) is 43.6 Å². The van der Waals surface area contributed by atoms with Gasteiger partial charge in [-0.15, -0.1) is 0 Å².